The topological polar surface area (TPSA) is 145 Å². The number of hydrogen-bond donors (Lipinski definition) is 4. The quantitative estimate of drug-likeness (QED) is 0.112. The van der Waals surface area contributed by atoms with Crippen molar-refractivity contribution >= 4 is 34.3 Å². The summed E-state index contributed by atoms with van der Waals surface area (Å²) in [7, 11) is 0. The number of aliphatic hydroxyl groups is 1. The van der Waals surface area contributed by atoms with Crippen LogP contribution in [0.3, 0.4) is 0 Å². The maximum Gasteiger partial charge on any atom is 0.213 e. The van der Waals surface area contributed by atoms with E-state index < -0.39 is 5.82 Å². The van der Waals surface area contributed by atoms with Crippen LogP contribution in [-0.4, -0.2) is 64.1 Å². The van der Waals surface area contributed by atoms with E-state index in [0.29, 0.717) is 29.7 Å². The minimum Gasteiger partial charge on any atom is -0.475 e. The minimum atomic E-state index is -0.455. The Labute approximate surface area is 248 Å². The molecule has 0 saturated heterocycles. The van der Waals surface area contributed by atoms with Gasteiger partial charge in [-0.3, -0.25) is 0 Å². The molecule has 6 N–H and O–H groups in total. The molecule has 1 fully saturated rings. The van der Waals surface area contributed by atoms with Gasteiger partial charge in [-0.25, -0.2) is 18.9 Å². The monoisotopic (exact) mass is 595 g/mol. The number of halogens is 2. The van der Waals surface area contributed by atoms with Crippen molar-refractivity contribution in [3.05, 3.63) is 70.9 Å². The third-order valence-electron chi connectivity index (χ3n) is 7.29. The predicted molar refractivity (Wildman–Crippen MR) is 162 cm³/mol. The zero-order valence-electron chi connectivity index (χ0n) is 23.4. The van der Waals surface area contributed by atoms with E-state index in [1.807, 2.05) is 25.3 Å². The molecule has 0 spiro atoms. The number of aliphatic imine (C=N–C) groups is 1. The molecule has 5 rings (SSSR count). The molecule has 3 aromatic heterocycles. The summed E-state index contributed by atoms with van der Waals surface area (Å²) in [4.78, 5) is 8.93. The van der Waals surface area contributed by atoms with Crippen molar-refractivity contribution in [1.29, 1.82) is 0 Å². The number of fused-ring (bicyclic) bond motifs is 1. The number of aryl methyl sites for hydroxylation is 1. The molecule has 1 aromatic carbocycles. The molecule has 4 aromatic rings. The molecule has 1 saturated carbocycles. The number of pyridine rings is 1. The van der Waals surface area contributed by atoms with E-state index in [1.165, 1.54) is 18.2 Å². The number of hydrogen-bond acceptors (Lipinski definition) is 8. The Hall–Kier alpha value is -3.77. The van der Waals surface area contributed by atoms with E-state index in [2.05, 4.69) is 20.4 Å². The molecule has 222 valence electrons. The second kappa shape index (κ2) is 13.5. The van der Waals surface area contributed by atoms with E-state index in [-0.39, 0.29) is 36.8 Å². The Morgan fingerprint density at radius 3 is 2.74 bits per heavy atom. The second-order valence-corrected chi connectivity index (χ2v) is 10.8. The number of benzene rings is 1. The largest absolute Gasteiger partial charge is 0.475 e. The first-order chi connectivity index (χ1) is 20.3. The van der Waals surface area contributed by atoms with E-state index in [9.17, 15) is 4.39 Å². The fourth-order valence-corrected chi connectivity index (χ4v) is 5.22. The Morgan fingerprint density at radius 2 is 1.98 bits per heavy atom. The van der Waals surface area contributed by atoms with Crippen LogP contribution in [0, 0.1) is 12.7 Å². The van der Waals surface area contributed by atoms with Gasteiger partial charge in [0.2, 0.25) is 5.88 Å². The Kier molecular flexibility index (Phi) is 9.53. The van der Waals surface area contributed by atoms with Gasteiger partial charge in [-0.1, -0.05) is 11.6 Å². The van der Waals surface area contributed by atoms with E-state index in [0.717, 1.165) is 53.6 Å². The first kappa shape index (κ1) is 29.7. The zero-order chi connectivity index (χ0) is 29.6. The van der Waals surface area contributed by atoms with Crippen molar-refractivity contribution in [3.8, 4) is 17.0 Å². The number of nitrogens with two attached hydrogens (primary N) is 2. The predicted octanol–water partition coefficient (Wildman–Crippen LogP) is 4.60. The highest BCUT2D eigenvalue weighted by Crippen LogP contribution is 2.33. The van der Waals surface area contributed by atoms with Crippen LogP contribution >= 0.6 is 11.6 Å². The average molecular weight is 596 g/mol. The summed E-state index contributed by atoms with van der Waals surface area (Å²) in [5, 5.41) is 17.4. The number of ether oxygens (including phenoxy) is 2. The van der Waals surface area contributed by atoms with Gasteiger partial charge in [0.05, 0.1) is 53.5 Å². The van der Waals surface area contributed by atoms with Gasteiger partial charge < -0.3 is 31.4 Å². The highest BCUT2D eigenvalue weighted by atomic mass is 35.5. The van der Waals surface area contributed by atoms with Crippen molar-refractivity contribution in [2.45, 2.75) is 44.7 Å². The van der Waals surface area contributed by atoms with E-state index in [1.54, 1.807) is 16.9 Å². The molecular weight excluding hydrogens is 561 g/mol. The minimum absolute atomic E-state index is 0.0266. The van der Waals surface area contributed by atoms with Crippen LogP contribution in [0.25, 0.3) is 16.6 Å². The maximum absolute atomic E-state index is 13.9. The molecule has 0 aliphatic heterocycles. The third-order valence-corrected chi connectivity index (χ3v) is 7.61. The normalized spacial score (nSPS) is 17.5. The van der Waals surface area contributed by atoms with E-state index in [4.69, 9.17) is 37.6 Å². The van der Waals surface area contributed by atoms with Crippen LogP contribution < -0.4 is 21.5 Å². The van der Waals surface area contributed by atoms with Gasteiger partial charge in [0.25, 0.3) is 0 Å². The molecule has 42 heavy (non-hydrogen) atoms. The van der Waals surface area contributed by atoms with Gasteiger partial charge >= 0.3 is 0 Å². The lowest BCUT2D eigenvalue weighted by Gasteiger charge is -2.28. The summed E-state index contributed by atoms with van der Waals surface area (Å²) in [5.41, 5.74) is 17.9. The smallest absolute Gasteiger partial charge is 0.213 e. The Bertz CT molecular complexity index is 1570. The second-order valence-electron chi connectivity index (χ2n) is 10.4. The summed E-state index contributed by atoms with van der Waals surface area (Å²) < 4.78 is 26.6. The number of aliphatic hydroxyl groups excluding tert-OH is 1. The average Bonchev–Trinajstić information content (AvgIpc) is 3.41. The molecular formula is C30H35ClFN7O3. The van der Waals surface area contributed by atoms with Gasteiger partial charge in [0.1, 0.15) is 18.3 Å². The fourth-order valence-electron chi connectivity index (χ4n) is 5.06. The molecule has 3 heterocycles. The molecule has 10 nitrogen and oxygen atoms in total. The van der Waals surface area contributed by atoms with Gasteiger partial charge in [0, 0.05) is 47.7 Å². The lowest BCUT2D eigenvalue weighted by Crippen LogP contribution is -2.33. The first-order valence-electron chi connectivity index (χ1n) is 13.9. The summed E-state index contributed by atoms with van der Waals surface area (Å²) in [6.45, 7) is 2.93. The van der Waals surface area contributed by atoms with Crippen molar-refractivity contribution < 1.29 is 19.0 Å². The van der Waals surface area contributed by atoms with Crippen molar-refractivity contribution in [2.75, 3.05) is 31.7 Å². The van der Waals surface area contributed by atoms with Crippen LogP contribution in [0.15, 0.2) is 53.9 Å². The Morgan fingerprint density at radius 1 is 1.17 bits per heavy atom. The first-order valence-corrected chi connectivity index (χ1v) is 14.3. The third kappa shape index (κ3) is 6.99. The molecule has 0 unspecified atom stereocenters. The number of nitrogens with zero attached hydrogens (tertiary/aromatic N) is 4. The SMILES string of the molecule is Cc1cc(OCCOCCO)ncc1-c1cc2c(NC3CCC(N)CC3)c(C(N)=Nc3cc(F)ccc3Cl)cnn2c1. The van der Waals surface area contributed by atoms with Crippen LogP contribution in [0.5, 0.6) is 5.88 Å². The highest BCUT2D eigenvalue weighted by molar-refractivity contribution is 6.33. The summed E-state index contributed by atoms with van der Waals surface area (Å²) in [6, 6.07) is 8.28. The molecule has 12 heteroatoms. The van der Waals surface area contributed by atoms with Crippen molar-refractivity contribution in [3.63, 3.8) is 0 Å². The maximum atomic E-state index is 13.9. The zero-order valence-corrected chi connectivity index (χ0v) is 24.1. The molecule has 1 aliphatic rings. The summed E-state index contributed by atoms with van der Waals surface area (Å²) in [6.07, 6.45) is 9.06. The fraction of sp³-hybridized carbons (Fsp3) is 0.367. The molecule has 0 radical (unpaired) electrons. The van der Waals surface area contributed by atoms with Gasteiger partial charge in [-0.2, -0.15) is 5.10 Å². The lowest BCUT2D eigenvalue weighted by atomic mass is 9.91. The van der Waals surface area contributed by atoms with Crippen LogP contribution in [0.1, 0.15) is 36.8 Å². The molecule has 0 atom stereocenters. The van der Waals surface area contributed by atoms with Crippen LogP contribution in [0.4, 0.5) is 15.8 Å². The van der Waals surface area contributed by atoms with Crippen LogP contribution in [0.2, 0.25) is 5.02 Å². The van der Waals surface area contributed by atoms with E-state index >= 15 is 0 Å². The number of anilines is 1. The number of aromatic nitrogens is 3. The molecule has 0 amide bonds. The molecule has 1 aliphatic carbocycles. The van der Waals surface area contributed by atoms with Gasteiger partial charge in [-0.15, -0.1) is 0 Å². The Balaban J connectivity index is 1.49. The molecule has 0 bridgehead atoms. The lowest BCUT2D eigenvalue weighted by molar-refractivity contribution is 0.0695. The number of rotatable bonds is 11. The number of nitrogens with one attached hydrogen (secondary N) is 1. The van der Waals surface area contributed by atoms with Gasteiger partial charge in [0.15, 0.2) is 0 Å². The highest BCUT2D eigenvalue weighted by Gasteiger charge is 2.23. The standard InChI is InChI=1S/C30H35ClFN7O3/c1-18-12-28(42-11-10-41-9-8-40)35-15-23(18)19-13-27-29(37-22-5-3-21(33)4-6-22)24(16-36-39(27)17-19)30(34)38-26-14-20(32)2-7-25(26)31/h2,7,12-17,21-22,37,40H,3-6,8-11,33H2,1H3,(H2,34,38). The van der Waals surface area contributed by atoms with Crippen molar-refractivity contribution in [2.24, 2.45) is 16.5 Å². The van der Waals surface area contributed by atoms with Crippen LogP contribution in [-0.2, 0) is 4.74 Å². The van der Waals surface area contributed by atoms with Gasteiger partial charge in [-0.05, 0) is 56.4 Å². The summed E-state index contributed by atoms with van der Waals surface area (Å²) >= 11 is 6.27. The number of amidine groups is 1. The summed E-state index contributed by atoms with van der Waals surface area (Å²) in [5.74, 6) is 0.200. The van der Waals surface area contributed by atoms with Crippen molar-refractivity contribution in [1.82, 2.24) is 14.6 Å².